The Morgan fingerprint density at radius 3 is 2.88 bits per heavy atom. The zero-order valence-electron chi connectivity index (χ0n) is 9.29. The maximum absolute atomic E-state index is 11.9. The molecule has 1 saturated carbocycles. The number of nitrogen functional groups attached to an aromatic ring is 1. The predicted molar refractivity (Wildman–Crippen MR) is 61.8 cm³/mol. The van der Waals surface area contributed by atoms with Gasteiger partial charge in [0, 0.05) is 17.3 Å². The number of nitrogens with zero attached hydrogens (tertiary/aromatic N) is 1. The Hall–Kier alpha value is -1.62. The number of amides is 1. The fraction of sp³-hybridized carbons (Fsp3) is 0.455. The molecule has 1 aliphatic rings. The van der Waals surface area contributed by atoms with E-state index in [1.807, 2.05) is 0 Å². The van der Waals surface area contributed by atoms with Crippen LogP contribution in [0.1, 0.15) is 36.5 Å². The lowest BCUT2D eigenvalue weighted by Gasteiger charge is -2.39. The van der Waals surface area contributed by atoms with E-state index in [1.54, 1.807) is 18.3 Å². The lowest BCUT2D eigenvalue weighted by Crippen LogP contribution is -2.50. The van der Waals surface area contributed by atoms with E-state index in [4.69, 9.17) is 5.84 Å². The maximum Gasteiger partial charge on any atom is 0.251 e. The van der Waals surface area contributed by atoms with Crippen molar-refractivity contribution in [3.8, 4) is 0 Å². The zero-order chi connectivity index (χ0) is 11.6. The smallest absolute Gasteiger partial charge is 0.251 e. The molecule has 5 heteroatoms. The van der Waals surface area contributed by atoms with Crippen molar-refractivity contribution in [2.45, 2.75) is 31.7 Å². The van der Waals surface area contributed by atoms with Gasteiger partial charge in [-0.05, 0) is 38.3 Å². The molecule has 1 aliphatic carbocycles. The summed E-state index contributed by atoms with van der Waals surface area (Å²) >= 11 is 0. The van der Waals surface area contributed by atoms with Crippen LogP contribution in [0.15, 0.2) is 18.3 Å². The minimum Gasteiger partial charge on any atom is -0.347 e. The second-order valence-electron chi connectivity index (χ2n) is 4.44. The van der Waals surface area contributed by atoms with Gasteiger partial charge in [-0.25, -0.2) is 10.8 Å². The summed E-state index contributed by atoms with van der Waals surface area (Å²) in [4.78, 5) is 15.9. The monoisotopic (exact) mass is 220 g/mol. The van der Waals surface area contributed by atoms with Crippen molar-refractivity contribution in [1.82, 2.24) is 10.3 Å². The summed E-state index contributed by atoms with van der Waals surface area (Å²) in [6, 6.07) is 3.32. The highest BCUT2D eigenvalue weighted by molar-refractivity contribution is 5.95. The molecule has 1 fully saturated rings. The van der Waals surface area contributed by atoms with E-state index in [1.165, 1.54) is 6.42 Å². The third-order valence-corrected chi connectivity index (χ3v) is 3.04. The molecule has 1 aromatic heterocycles. The number of hydrogen-bond acceptors (Lipinski definition) is 4. The maximum atomic E-state index is 11.9. The minimum atomic E-state index is -0.0684. The molecule has 0 aromatic carbocycles. The molecule has 0 aliphatic heterocycles. The van der Waals surface area contributed by atoms with Gasteiger partial charge in [0.1, 0.15) is 5.82 Å². The molecule has 0 bridgehead atoms. The molecule has 2 rings (SSSR count). The fourth-order valence-corrected chi connectivity index (χ4v) is 1.83. The average Bonchev–Trinajstić information content (AvgIpc) is 2.27. The Labute approximate surface area is 94.4 Å². The Balaban J connectivity index is 2.08. The number of carbonyl (C=O) groups is 1. The highest BCUT2D eigenvalue weighted by atomic mass is 16.1. The number of nitrogens with two attached hydrogens (primary N) is 1. The summed E-state index contributed by atoms with van der Waals surface area (Å²) in [6.45, 7) is 2.07. The fourth-order valence-electron chi connectivity index (χ4n) is 1.83. The summed E-state index contributed by atoms with van der Waals surface area (Å²) in [5.74, 6) is 5.66. The third-order valence-electron chi connectivity index (χ3n) is 3.04. The molecule has 0 unspecified atom stereocenters. The van der Waals surface area contributed by atoms with Gasteiger partial charge in [-0.3, -0.25) is 4.79 Å². The largest absolute Gasteiger partial charge is 0.347 e. The van der Waals surface area contributed by atoms with Crippen LogP contribution in [0.2, 0.25) is 0 Å². The molecule has 4 N–H and O–H groups in total. The van der Waals surface area contributed by atoms with Gasteiger partial charge in [-0.2, -0.15) is 0 Å². The van der Waals surface area contributed by atoms with E-state index in [9.17, 15) is 4.79 Å². The van der Waals surface area contributed by atoms with Crippen molar-refractivity contribution < 1.29 is 4.79 Å². The Morgan fingerprint density at radius 2 is 2.31 bits per heavy atom. The van der Waals surface area contributed by atoms with Crippen LogP contribution >= 0.6 is 0 Å². The molecular formula is C11H16N4O. The van der Waals surface area contributed by atoms with Gasteiger partial charge in [0.05, 0.1) is 0 Å². The molecule has 86 valence electrons. The number of rotatable bonds is 3. The first-order valence-electron chi connectivity index (χ1n) is 5.38. The van der Waals surface area contributed by atoms with Crippen LogP contribution in [0.25, 0.3) is 0 Å². The Kier molecular flexibility index (Phi) is 2.78. The highest BCUT2D eigenvalue weighted by Crippen LogP contribution is 2.31. The lowest BCUT2D eigenvalue weighted by atomic mass is 9.78. The Morgan fingerprint density at radius 1 is 1.56 bits per heavy atom. The molecule has 0 saturated heterocycles. The minimum absolute atomic E-state index is 0.0311. The summed E-state index contributed by atoms with van der Waals surface area (Å²) in [5, 5.41) is 3.03. The number of carbonyl (C=O) groups excluding carboxylic acids is 1. The van der Waals surface area contributed by atoms with Gasteiger partial charge in [-0.15, -0.1) is 0 Å². The first kappa shape index (κ1) is 10.9. The number of nitrogens with one attached hydrogen (secondary N) is 2. The quantitative estimate of drug-likeness (QED) is 0.525. The summed E-state index contributed by atoms with van der Waals surface area (Å²) in [6.07, 6.45) is 4.84. The number of pyridine rings is 1. The highest BCUT2D eigenvalue weighted by Gasteiger charge is 2.33. The topological polar surface area (TPSA) is 80.0 Å². The number of hydrazine groups is 1. The van der Waals surface area contributed by atoms with Crippen molar-refractivity contribution in [3.05, 3.63) is 23.9 Å². The lowest BCUT2D eigenvalue weighted by molar-refractivity contribution is 0.0850. The van der Waals surface area contributed by atoms with E-state index in [0.717, 1.165) is 12.8 Å². The molecule has 0 spiro atoms. The van der Waals surface area contributed by atoms with Crippen molar-refractivity contribution in [2.24, 2.45) is 5.84 Å². The van der Waals surface area contributed by atoms with Crippen molar-refractivity contribution in [2.75, 3.05) is 5.43 Å². The van der Waals surface area contributed by atoms with Gasteiger partial charge >= 0.3 is 0 Å². The van der Waals surface area contributed by atoms with Crippen LogP contribution in [0.5, 0.6) is 0 Å². The molecule has 1 heterocycles. The normalized spacial score (nSPS) is 17.4. The van der Waals surface area contributed by atoms with Crippen LogP contribution in [0.4, 0.5) is 5.82 Å². The number of anilines is 1. The van der Waals surface area contributed by atoms with Gasteiger partial charge in [0.25, 0.3) is 5.91 Å². The van der Waals surface area contributed by atoms with E-state index in [2.05, 4.69) is 22.7 Å². The first-order chi connectivity index (χ1) is 7.63. The van der Waals surface area contributed by atoms with Gasteiger partial charge in [0.2, 0.25) is 0 Å². The van der Waals surface area contributed by atoms with Gasteiger partial charge in [0.15, 0.2) is 0 Å². The van der Waals surface area contributed by atoms with Crippen LogP contribution in [-0.4, -0.2) is 16.4 Å². The zero-order valence-corrected chi connectivity index (χ0v) is 9.29. The summed E-state index contributed by atoms with van der Waals surface area (Å²) in [5.41, 5.74) is 2.97. The van der Waals surface area contributed by atoms with Crippen LogP contribution in [-0.2, 0) is 0 Å². The molecule has 1 aromatic rings. The molecule has 0 radical (unpaired) electrons. The Bertz CT molecular complexity index is 401. The van der Waals surface area contributed by atoms with E-state index in [0.29, 0.717) is 11.4 Å². The third kappa shape index (κ3) is 2.14. The summed E-state index contributed by atoms with van der Waals surface area (Å²) < 4.78 is 0. The van der Waals surface area contributed by atoms with Crippen LogP contribution in [0, 0.1) is 0 Å². The van der Waals surface area contributed by atoms with Crippen molar-refractivity contribution in [1.29, 1.82) is 0 Å². The standard InChI is InChI=1S/C11H16N4O/c1-11(4-2-5-11)14-10(16)8-3-6-13-9(7-8)15-12/h3,6-7H,2,4-5,12H2,1H3,(H,13,15)(H,14,16). The van der Waals surface area contributed by atoms with Crippen molar-refractivity contribution >= 4 is 11.7 Å². The van der Waals surface area contributed by atoms with E-state index in [-0.39, 0.29) is 11.4 Å². The second-order valence-corrected chi connectivity index (χ2v) is 4.44. The van der Waals surface area contributed by atoms with Gasteiger partial charge < -0.3 is 10.7 Å². The molecule has 0 atom stereocenters. The SMILES string of the molecule is CC1(NC(=O)c2ccnc(NN)c2)CCC1. The average molecular weight is 220 g/mol. The van der Waals surface area contributed by atoms with Crippen LogP contribution in [0.3, 0.4) is 0 Å². The molecule has 16 heavy (non-hydrogen) atoms. The first-order valence-corrected chi connectivity index (χ1v) is 5.38. The number of hydrogen-bond donors (Lipinski definition) is 3. The van der Waals surface area contributed by atoms with E-state index >= 15 is 0 Å². The second kappa shape index (κ2) is 4.09. The molecular weight excluding hydrogens is 204 g/mol. The molecule has 5 nitrogen and oxygen atoms in total. The van der Waals surface area contributed by atoms with Crippen molar-refractivity contribution in [3.63, 3.8) is 0 Å². The van der Waals surface area contributed by atoms with E-state index < -0.39 is 0 Å². The number of aromatic nitrogens is 1. The van der Waals surface area contributed by atoms with Crippen LogP contribution < -0.4 is 16.6 Å². The molecule has 1 amide bonds. The predicted octanol–water partition coefficient (Wildman–Crippen LogP) is 1.04. The van der Waals surface area contributed by atoms with Gasteiger partial charge in [-0.1, -0.05) is 0 Å². The summed E-state index contributed by atoms with van der Waals surface area (Å²) in [7, 11) is 0.